The summed E-state index contributed by atoms with van der Waals surface area (Å²) in [7, 11) is -0.111. The summed E-state index contributed by atoms with van der Waals surface area (Å²) >= 11 is 0. The highest BCUT2D eigenvalue weighted by molar-refractivity contribution is 6.65. The molecule has 3 rings (SSSR count). The van der Waals surface area contributed by atoms with Crippen LogP contribution < -0.4 is 0 Å². The van der Waals surface area contributed by atoms with E-state index in [1.54, 1.807) is 5.56 Å². The Bertz CT molecular complexity index is 404. The Morgan fingerprint density at radius 1 is 1.20 bits per heavy atom. The summed E-state index contributed by atoms with van der Waals surface area (Å²) in [5.41, 5.74) is 3.09. The first-order valence-electron chi connectivity index (χ1n) is 5.92. The SMILES string of the molecule is CC1([Si]2CCC2)CC=Cc2ccccc21. The quantitative estimate of drug-likeness (QED) is 0.622. The van der Waals surface area contributed by atoms with Gasteiger partial charge in [-0.05, 0) is 22.6 Å². The Morgan fingerprint density at radius 3 is 2.73 bits per heavy atom. The van der Waals surface area contributed by atoms with E-state index < -0.39 is 0 Å². The van der Waals surface area contributed by atoms with Crippen molar-refractivity contribution in [1.29, 1.82) is 0 Å². The molecule has 0 bridgehead atoms. The van der Waals surface area contributed by atoms with Gasteiger partial charge in [0.2, 0.25) is 0 Å². The van der Waals surface area contributed by atoms with Crippen LogP contribution in [0, 0.1) is 0 Å². The molecule has 1 atom stereocenters. The van der Waals surface area contributed by atoms with Gasteiger partial charge in [0.25, 0.3) is 0 Å². The molecule has 0 amide bonds. The summed E-state index contributed by atoms with van der Waals surface area (Å²) in [6, 6.07) is 12.1. The molecule has 1 radical (unpaired) electrons. The van der Waals surface area contributed by atoms with E-state index in [-0.39, 0.29) is 8.80 Å². The fourth-order valence-corrected chi connectivity index (χ4v) is 5.74. The molecule has 1 unspecified atom stereocenters. The highest BCUT2D eigenvalue weighted by atomic mass is 28.3. The van der Waals surface area contributed by atoms with Gasteiger partial charge in [0, 0.05) is 0 Å². The van der Waals surface area contributed by atoms with E-state index >= 15 is 0 Å². The Kier molecular flexibility index (Phi) is 2.10. The second-order valence-electron chi connectivity index (χ2n) is 4.98. The summed E-state index contributed by atoms with van der Waals surface area (Å²) in [4.78, 5) is 0. The molecule has 1 aromatic rings. The zero-order valence-corrected chi connectivity index (χ0v) is 10.3. The third kappa shape index (κ3) is 1.33. The van der Waals surface area contributed by atoms with Crippen molar-refractivity contribution >= 4 is 14.9 Å². The monoisotopic (exact) mass is 213 g/mol. The van der Waals surface area contributed by atoms with Gasteiger partial charge in [0.15, 0.2) is 0 Å². The van der Waals surface area contributed by atoms with E-state index in [2.05, 4.69) is 43.3 Å². The lowest BCUT2D eigenvalue weighted by Gasteiger charge is -2.44. The van der Waals surface area contributed by atoms with Gasteiger partial charge >= 0.3 is 0 Å². The number of rotatable bonds is 1. The van der Waals surface area contributed by atoms with E-state index in [1.807, 2.05) is 0 Å². The third-order valence-corrected chi connectivity index (χ3v) is 8.06. The van der Waals surface area contributed by atoms with Crippen molar-refractivity contribution in [3.63, 3.8) is 0 Å². The van der Waals surface area contributed by atoms with Gasteiger partial charge in [-0.15, -0.1) is 0 Å². The lowest BCUT2D eigenvalue weighted by Crippen LogP contribution is -2.45. The van der Waals surface area contributed by atoms with Crippen LogP contribution in [0.2, 0.25) is 12.1 Å². The number of benzene rings is 1. The lowest BCUT2D eigenvalue weighted by atomic mass is 9.87. The minimum Gasteiger partial charge on any atom is -0.0834 e. The first-order chi connectivity index (χ1) is 7.31. The van der Waals surface area contributed by atoms with Crippen LogP contribution in [-0.4, -0.2) is 8.80 Å². The molecule has 15 heavy (non-hydrogen) atoms. The Hall–Kier alpha value is -0.823. The zero-order valence-electron chi connectivity index (χ0n) is 9.29. The summed E-state index contributed by atoms with van der Waals surface area (Å²) in [6.07, 6.45) is 7.45. The molecule has 1 fully saturated rings. The van der Waals surface area contributed by atoms with Crippen molar-refractivity contribution < 1.29 is 0 Å². The normalized spacial score (nSPS) is 29.7. The molecule has 0 saturated carbocycles. The maximum Gasteiger partial charge on any atom is 0.0604 e. The van der Waals surface area contributed by atoms with Crippen molar-refractivity contribution in [1.82, 2.24) is 0 Å². The molecule has 77 valence electrons. The van der Waals surface area contributed by atoms with Crippen molar-refractivity contribution in [3.8, 4) is 0 Å². The van der Waals surface area contributed by atoms with Crippen LogP contribution in [0.15, 0.2) is 30.3 Å². The van der Waals surface area contributed by atoms with Gasteiger partial charge < -0.3 is 0 Å². The lowest BCUT2D eigenvalue weighted by molar-refractivity contribution is 0.623. The second-order valence-corrected chi connectivity index (χ2v) is 8.29. The molecule has 1 aromatic carbocycles. The number of allylic oxidation sites excluding steroid dienone is 1. The molecule has 0 aromatic heterocycles. The number of hydrogen-bond acceptors (Lipinski definition) is 0. The first-order valence-corrected chi connectivity index (χ1v) is 7.83. The maximum absolute atomic E-state index is 2.50. The third-order valence-electron chi connectivity index (χ3n) is 4.12. The minimum atomic E-state index is -0.111. The first kappa shape index (κ1) is 9.41. The fourth-order valence-electron chi connectivity index (χ4n) is 2.92. The van der Waals surface area contributed by atoms with Gasteiger partial charge in [-0.3, -0.25) is 0 Å². The average Bonchev–Trinajstić information content (AvgIpc) is 2.15. The summed E-state index contributed by atoms with van der Waals surface area (Å²) < 4.78 is 0. The van der Waals surface area contributed by atoms with Crippen LogP contribution in [0.3, 0.4) is 0 Å². The fraction of sp³-hybridized carbons (Fsp3) is 0.429. The molecule has 1 aliphatic carbocycles. The standard InChI is InChI=1S/C14H17Si/c1-14(15-10-5-11-15)9-4-7-12-6-2-3-8-13(12)14/h2-4,6-8H,5,9-11H2,1H3. The highest BCUT2D eigenvalue weighted by Crippen LogP contribution is 2.44. The van der Waals surface area contributed by atoms with Crippen LogP contribution in [0.1, 0.15) is 30.9 Å². The van der Waals surface area contributed by atoms with Gasteiger partial charge in [-0.1, -0.05) is 61.9 Å². The van der Waals surface area contributed by atoms with Gasteiger partial charge in [-0.2, -0.15) is 0 Å². The maximum atomic E-state index is 2.50. The van der Waals surface area contributed by atoms with Crippen LogP contribution in [0.5, 0.6) is 0 Å². The zero-order chi connectivity index (χ0) is 10.3. The molecule has 1 heterocycles. The van der Waals surface area contributed by atoms with Crippen LogP contribution in [-0.2, 0) is 5.04 Å². The van der Waals surface area contributed by atoms with Crippen molar-refractivity contribution in [2.24, 2.45) is 0 Å². The minimum absolute atomic E-state index is 0.111. The van der Waals surface area contributed by atoms with Gasteiger partial charge in [0.1, 0.15) is 0 Å². The molecular weight excluding hydrogens is 196 g/mol. The largest absolute Gasteiger partial charge is 0.0834 e. The number of fused-ring (bicyclic) bond motifs is 1. The molecule has 0 nitrogen and oxygen atoms in total. The van der Waals surface area contributed by atoms with Crippen molar-refractivity contribution in [2.45, 2.75) is 36.9 Å². The van der Waals surface area contributed by atoms with E-state index in [0.717, 1.165) is 0 Å². The van der Waals surface area contributed by atoms with Crippen molar-refractivity contribution in [3.05, 3.63) is 41.5 Å². The molecular formula is C14H17Si. The Morgan fingerprint density at radius 2 is 2.00 bits per heavy atom. The molecule has 2 aliphatic rings. The predicted molar refractivity (Wildman–Crippen MR) is 67.4 cm³/mol. The molecule has 0 N–H and O–H groups in total. The molecule has 1 heteroatoms. The van der Waals surface area contributed by atoms with Crippen LogP contribution in [0.25, 0.3) is 6.08 Å². The Labute approximate surface area is 93.6 Å². The van der Waals surface area contributed by atoms with E-state index in [4.69, 9.17) is 0 Å². The van der Waals surface area contributed by atoms with E-state index in [1.165, 1.54) is 30.5 Å². The van der Waals surface area contributed by atoms with Gasteiger partial charge in [0.05, 0.1) is 8.80 Å². The average molecular weight is 213 g/mol. The summed E-state index contributed by atoms with van der Waals surface area (Å²) in [5, 5.41) is 0.522. The van der Waals surface area contributed by atoms with Crippen LogP contribution >= 0.6 is 0 Å². The predicted octanol–water partition coefficient (Wildman–Crippen LogP) is 3.80. The van der Waals surface area contributed by atoms with E-state index in [9.17, 15) is 0 Å². The highest BCUT2D eigenvalue weighted by Gasteiger charge is 2.41. The summed E-state index contributed by atoms with van der Waals surface area (Å²) in [5.74, 6) is 0. The summed E-state index contributed by atoms with van der Waals surface area (Å²) in [6.45, 7) is 2.50. The number of hydrogen-bond donors (Lipinski definition) is 0. The van der Waals surface area contributed by atoms with E-state index in [0.29, 0.717) is 5.04 Å². The topological polar surface area (TPSA) is 0 Å². The Balaban J connectivity index is 2.08. The molecule has 1 aliphatic heterocycles. The smallest absolute Gasteiger partial charge is 0.0604 e. The molecule has 1 saturated heterocycles. The van der Waals surface area contributed by atoms with Crippen molar-refractivity contribution in [2.75, 3.05) is 0 Å². The van der Waals surface area contributed by atoms with Crippen LogP contribution in [0.4, 0.5) is 0 Å². The molecule has 0 spiro atoms. The van der Waals surface area contributed by atoms with Gasteiger partial charge in [-0.25, -0.2) is 0 Å². The second kappa shape index (κ2) is 3.34.